The van der Waals surface area contributed by atoms with Crippen LogP contribution in [0.4, 0.5) is 0 Å². The Morgan fingerprint density at radius 1 is 1.41 bits per heavy atom. The van der Waals surface area contributed by atoms with Crippen LogP contribution in [-0.4, -0.2) is 23.1 Å². The molecule has 0 aromatic carbocycles. The van der Waals surface area contributed by atoms with Gasteiger partial charge in [0, 0.05) is 23.6 Å². The largest absolute Gasteiger partial charge is 0.328 e. The van der Waals surface area contributed by atoms with Gasteiger partial charge in [-0.1, -0.05) is 13.8 Å². The molecule has 1 aliphatic heterocycles. The second kappa shape index (κ2) is 5.00. The molecule has 1 aromatic rings. The molecule has 17 heavy (non-hydrogen) atoms. The summed E-state index contributed by atoms with van der Waals surface area (Å²) < 4.78 is 0. The molecule has 0 spiro atoms. The summed E-state index contributed by atoms with van der Waals surface area (Å²) in [5.41, 5.74) is 0.770. The number of likely N-dealkylation sites (tertiary alicyclic amines) is 1. The molecule has 2 atom stereocenters. The van der Waals surface area contributed by atoms with Gasteiger partial charge >= 0.3 is 0 Å². The van der Waals surface area contributed by atoms with Crippen LogP contribution in [0.2, 0.25) is 0 Å². The Morgan fingerprint density at radius 2 is 2.06 bits per heavy atom. The van der Waals surface area contributed by atoms with Gasteiger partial charge in [-0.05, 0) is 13.3 Å². The Bertz CT molecular complexity index is 431. The highest BCUT2D eigenvalue weighted by atomic mass is 16.1. The van der Waals surface area contributed by atoms with Crippen LogP contribution in [0.1, 0.15) is 31.8 Å². The Kier molecular flexibility index (Phi) is 3.62. The first kappa shape index (κ1) is 12.3. The molecular weight excluding hydrogens is 214 g/mol. The van der Waals surface area contributed by atoms with Gasteiger partial charge in [0.05, 0.1) is 13.1 Å². The van der Waals surface area contributed by atoms with E-state index in [0.29, 0.717) is 0 Å². The van der Waals surface area contributed by atoms with Crippen LogP contribution in [0, 0.1) is 18.8 Å². The SMILES string of the molecule is Cc1cc(=O)[nH]c(C[NH+]2C[C@H](C)C[C@@H](C)C2)n1. The molecule has 2 heterocycles. The van der Waals surface area contributed by atoms with Crippen LogP contribution in [0.3, 0.4) is 0 Å². The Labute approximate surface area is 102 Å². The lowest BCUT2D eigenvalue weighted by molar-refractivity contribution is -0.926. The van der Waals surface area contributed by atoms with Gasteiger partial charge in [-0.25, -0.2) is 4.98 Å². The molecule has 4 heteroatoms. The molecule has 0 aliphatic carbocycles. The Balaban J connectivity index is 2.07. The zero-order valence-corrected chi connectivity index (χ0v) is 10.9. The molecule has 0 radical (unpaired) electrons. The minimum Gasteiger partial charge on any atom is -0.328 e. The van der Waals surface area contributed by atoms with Gasteiger partial charge in [-0.15, -0.1) is 0 Å². The van der Waals surface area contributed by atoms with E-state index in [9.17, 15) is 4.79 Å². The number of nitrogens with zero attached hydrogens (tertiary/aromatic N) is 1. The number of aromatic nitrogens is 2. The average Bonchev–Trinajstić information content (AvgIpc) is 2.13. The zero-order valence-electron chi connectivity index (χ0n) is 10.9. The van der Waals surface area contributed by atoms with Crippen molar-refractivity contribution in [1.29, 1.82) is 0 Å². The normalized spacial score (nSPS) is 29.2. The number of piperidine rings is 1. The van der Waals surface area contributed by atoms with Gasteiger partial charge in [0.2, 0.25) is 0 Å². The zero-order chi connectivity index (χ0) is 12.4. The van der Waals surface area contributed by atoms with E-state index in [4.69, 9.17) is 0 Å². The summed E-state index contributed by atoms with van der Waals surface area (Å²) in [6, 6.07) is 1.54. The molecule has 1 fully saturated rings. The van der Waals surface area contributed by atoms with Crippen molar-refractivity contribution >= 4 is 0 Å². The molecule has 4 nitrogen and oxygen atoms in total. The molecule has 94 valence electrons. The fourth-order valence-electron chi connectivity index (χ4n) is 3.03. The summed E-state index contributed by atoms with van der Waals surface area (Å²) in [7, 11) is 0. The van der Waals surface area contributed by atoms with Crippen molar-refractivity contribution in [3.8, 4) is 0 Å². The first-order chi connectivity index (χ1) is 8.02. The summed E-state index contributed by atoms with van der Waals surface area (Å²) in [4.78, 5) is 20.1. The summed E-state index contributed by atoms with van der Waals surface area (Å²) in [6.07, 6.45) is 1.32. The predicted octanol–water partition coefficient (Wildman–Crippen LogP) is 0.139. The summed E-state index contributed by atoms with van der Waals surface area (Å²) in [5.74, 6) is 2.36. The van der Waals surface area contributed by atoms with Gasteiger partial charge in [0.25, 0.3) is 5.56 Å². The van der Waals surface area contributed by atoms with E-state index in [-0.39, 0.29) is 5.56 Å². The van der Waals surface area contributed by atoms with E-state index in [2.05, 4.69) is 23.8 Å². The minimum atomic E-state index is -0.0370. The number of aromatic amines is 1. The molecule has 2 rings (SSSR count). The van der Waals surface area contributed by atoms with Gasteiger partial charge in [0.1, 0.15) is 6.54 Å². The quantitative estimate of drug-likeness (QED) is 0.767. The molecule has 0 saturated carbocycles. The molecule has 1 saturated heterocycles. The molecule has 1 aliphatic rings. The first-order valence-electron chi connectivity index (χ1n) is 6.43. The van der Waals surface area contributed by atoms with E-state index in [1.165, 1.54) is 24.4 Å². The van der Waals surface area contributed by atoms with Gasteiger partial charge in [-0.2, -0.15) is 0 Å². The summed E-state index contributed by atoms with van der Waals surface area (Å²) >= 11 is 0. The van der Waals surface area contributed by atoms with Crippen molar-refractivity contribution in [2.24, 2.45) is 11.8 Å². The smallest absolute Gasteiger partial charge is 0.251 e. The number of hydrogen-bond donors (Lipinski definition) is 2. The van der Waals surface area contributed by atoms with Gasteiger partial charge in [-0.3, -0.25) is 4.79 Å². The molecule has 2 N–H and O–H groups in total. The Morgan fingerprint density at radius 3 is 2.65 bits per heavy atom. The maximum Gasteiger partial charge on any atom is 0.251 e. The standard InChI is InChI=1S/C13H21N3O/c1-9-4-10(2)7-16(6-9)8-12-14-11(3)5-13(17)15-12/h5,9-10H,4,6-8H2,1-3H3,(H,14,15,17)/p+1/t9-,10-/m1/s1. The molecular formula is C13H22N3O+. The number of H-pyrrole nitrogens is 1. The monoisotopic (exact) mass is 236 g/mol. The van der Waals surface area contributed by atoms with Gasteiger partial charge < -0.3 is 9.88 Å². The number of quaternary nitrogens is 1. The average molecular weight is 236 g/mol. The molecule has 1 aromatic heterocycles. The van der Waals surface area contributed by atoms with Gasteiger partial charge in [0.15, 0.2) is 5.82 Å². The van der Waals surface area contributed by atoms with E-state index in [1.54, 1.807) is 6.07 Å². The lowest BCUT2D eigenvalue weighted by Crippen LogP contribution is -3.13. The summed E-state index contributed by atoms with van der Waals surface area (Å²) in [5, 5.41) is 0. The highest BCUT2D eigenvalue weighted by Crippen LogP contribution is 2.12. The van der Waals surface area contributed by atoms with Crippen LogP contribution in [0.25, 0.3) is 0 Å². The number of rotatable bonds is 2. The highest BCUT2D eigenvalue weighted by Gasteiger charge is 2.25. The van der Waals surface area contributed by atoms with Crippen LogP contribution in [-0.2, 0) is 6.54 Å². The van der Waals surface area contributed by atoms with Crippen LogP contribution in [0.5, 0.6) is 0 Å². The van der Waals surface area contributed by atoms with Crippen molar-refractivity contribution in [3.63, 3.8) is 0 Å². The van der Waals surface area contributed by atoms with Crippen LogP contribution < -0.4 is 10.5 Å². The lowest BCUT2D eigenvalue weighted by atomic mass is 9.92. The number of hydrogen-bond acceptors (Lipinski definition) is 2. The first-order valence-corrected chi connectivity index (χ1v) is 6.43. The fraction of sp³-hybridized carbons (Fsp3) is 0.692. The minimum absolute atomic E-state index is 0.0370. The Hall–Kier alpha value is -1.16. The number of aryl methyl sites for hydroxylation is 1. The topological polar surface area (TPSA) is 50.2 Å². The third-order valence-electron chi connectivity index (χ3n) is 3.42. The third kappa shape index (κ3) is 3.40. The predicted molar refractivity (Wildman–Crippen MR) is 66.9 cm³/mol. The number of nitrogens with one attached hydrogen (secondary N) is 2. The highest BCUT2D eigenvalue weighted by molar-refractivity contribution is 4.99. The van der Waals surface area contributed by atoms with Crippen LogP contribution >= 0.6 is 0 Å². The fourth-order valence-corrected chi connectivity index (χ4v) is 3.03. The van der Waals surface area contributed by atoms with Crippen molar-refractivity contribution in [1.82, 2.24) is 9.97 Å². The van der Waals surface area contributed by atoms with E-state index in [0.717, 1.165) is 29.9 Å². The van der Waals surface area contributed by atoms with Crippen molar-refractivity contribution in [3.05, 3.63) is 27.9 Å². The summed E-state index contributed by atoms with van der Waals surface area (Å²) in [6.45, 7) is 9.69. The maximum absolute atomic E-state index is 11.4. The van der Waals surface area contributed by atoms with E-state index in [1.807, 2.05) is 6.92 Å². The van der Waals surface area contributed by atoms with Crippen molar-refractivity contribution in [2.45, 2.75) is 33.7 Å². The maximum atomic E-state index is 11.4. The molecule has 0 bridgehead atoms. The van der Waals surface area contributed by atoms with Crippen molar-refractivity contribution < 1.29 is 4.90 Å². The second-order valence-corrected chi connectivity index (χ2v) is 5.61. The second-order valence-electron chi connectivity index (χ2n) is 5.61. The van der Waals surface area contributed by atoms with Crippen LogP contribution in [0.15, 0.2) is 10.9 Å². The third-order valence-corrected chi connectivity index (χ3v) is 3.42. The molecule has 0 amide bonds. The van der Waals surface area contributed by atoms with Crippen molar-refractivity contribution in [2.75, 3.05) is 13.1 Å². The molecule has 0 unspecified atom stereocenters. The van der Waals surface area contributed by atoms with E-state index >= 15 is 0 Å². The van der Waals surface area contributed by atoms with E-state index < -0.39 is 0 Å². The lowest BCUT2D eigenvalue weighted by Gasteiger charge is -2.31.